The maximum atomic E-state index is 10.3. The van der Waals surface area contributed by atoms with Crippen molar-refractivity contribution < 1.29 is 9.90 Å². The summed E-state index contributed by atoms with van der Waals surface area (Å²) < 4.78 is 0. The van der Waals surface area contributed by atoms with Crippen LogP contribution in [0.15, 0.2) is 0 Å². The lowest BCUT2D eigenvalue weighted by Gasteiger charge is -2.16. The molecule has 14 heavy (non-hydrogen) atoms. The van der Waals surface area contributed by atoms with Crippen molar-refractivity contribution in [1.29, 1.82) is 0 Å². The van der Waals surface area contributed by atoms with Gasteiger partial charge in [0.05, 0.1) is 0 Å². The third-order valence-corrected chi connectivity index (χ3v) is 4.11. The summed E-state index contributed by atoms with van der Waals surface area (Å²) in [6, 6.07) is 0.203. The third kappa shape index (κ3) is 3.48. The van der Waals surface area contributed by atoms with Crippen LogP contribution in [-0.4, -0.2) is 34.2 Å². The van der Waals surface area contributed by atoms with Crippen molar-refractivity contribution in [3.8, 4) is 0 Å². The highest BCUT2D eigenvalue weighted by atomic mass is 32.2. The normalized spacial score (nSPS) is 32.0. The molecule has 1 aliphatic rings. The maximum Gasteiger partial charge on any atom is 0.303 e. The monoisotopic (exact) mass is 218 g/mol. The van der Waals surface area contributed by atoms with Crippen LogP contribution in [0.2, 0.25) is 0 Å². The molecule has 1 aliphatic heterocycles. The quantitative estimate of drug-likeness (QED) is 0.581. The molecule has 4 nitrogen and oxygen atoms in total. The second kappa shape index (κ2) is 5.58. The molecule has 0 amide bonds. The van der Waals surface area contributed by atoms with Crippen molar-refractivity contribution in [2.24, 2.45) is 11.5 Å². The fourth-order valence-electron chi connectivity index (χ4n) is 1.63. The van der Waals surface area contributed by atoms with Crippen LogP contribution in [0.3, 0.4) is 0 Å². The van der Waals surface area contributed by atoms with Crippen LogP contribution in [-0.2, 0) is 4.79 Å². The second-order valence-corrected chi connectivity index (χ2v) is 5.02. The summed E-state index contributed by atoms with van der Waals surface area (Å²) in [4.78, 5) is 10.3. The van der Waals surface area contributed by atoms with E-state index >= 15 is 0 Å². The van der Waals surface area contributed by atoms with E-state index in [1.165, 1.54) is 0 Å². The van der Waals surface area contributed by atoms with Gasteiger partial charge in [-0.15, -0.1) is 0 Å². The topological polar surface area (TPSA) is 89.3 Å². The molecule has 0 saturated carbocycles. The number of unbranched alkanes of at least 4 members (excludes halogenated alkanes) is 1. The molecule has 1 heterocycles. The smallest absolute Gasteiger partial charge is 0.303 e. The highest BCUT2D eigenvalue weighted by molar-refractivity contribution is 8.00. The summed E-state index contributed by atoms with van der Waals surface area (Å²) in [5.41, 5.74) is 11.7. The molecule has 0 radical (unpaired) electrons. The number of thioether (sulfide) groups is 1. The first-order chi connectivity index (χ1) is 6.61. The highest BCUT2D eigenvalue weighted by Crippen LogP contribution is 2.28. The van der Waals surface area contributed by atoms with Gasteiger partial charge in [-0.3, -0.25) is 4.79 Å². The van der Waals surface area contributed by atoms with Gasteiger partial charge < -0.3 is 16.6 Å². The minimum atomic E-state index is -0.718. The Kier molecular flexibility index (Phi) is 4.71. The van der Waals surface area contributed by atoms with Crippen molar-refractivity contribution in [1.82, 2.24) is 0 Å². The van der Waals surface area contributed by atoms with Crippen LogP contribution >= 0.6 is 11.8 Å². The van der Waals surface area contributed by atoms with E-state index in [2.05, 4.69) is 0 Å². The van der Waals surface area contributed by atoms with E-state index in [4.69, 9.17) is 16.6 Å². The van der Waals surface area contributed by atoms with E-state index in [1.54, 1.807) is 0 Å². The fraction of sp³-hybridized carbons (Fsp3) is 0.889. The van der Waals surface area contributed by atoms with Crippen molar-refractivity contribution in [2.45, 2.75) is 43.0 Å². The lowest BCUT2D eigenvalue weighted by Crippen LogP contribution is -2.43. The number of nitrogens with two attached hydrogens (primary N) is 2. The fourth-order valence-corrected chi connectivity index (χ4v) is 3.08. The summed E-state index contributed by atoms with van der Waals surface area (Å²) >= 11 is 1.82. The van der Waals surface area contributed by atoms with Crippen LogP contribution in [0.1, 0.15) is 25.7 Å². The zero-order valence-corrected chi connectivity index (χ0v) is 9.00. The number of hydrogen-bond acceptors (Lipinski definition) is 4. The molecular weight excluding hydrogens is 200 g/mol. The molecule has 3 atom stereocenters. The first kappa shape index (κ1) is 11.8. The van der Waals surface area contributed by atoms with E-state index in [1.807, 2.05) is 11.8 Å². The van der Waals surface area contributed by atoms with Gasteiger partial charge in [-0.2, -0.15) is 11.8 Å². The van der Waals surface area contributed by atoms with Gasteiger partial charge >= 0.3 is 5.97 Å². The average Bonchev–Trinajstić information content (AvgIpc) is 2.43. The first-order valence-corrected chi connectivity index (χ1v) is 6.00. The van der Waals surface area contributed by atoms with Crippen LogP contribution < -0.4 is 11.5 Å². The predicted octanol–water partition coefficient (Wildman–Crippen LogP) is 0.401. The number of aliphatic carboxylic acids is 1. The van der Waals surface area contributed by atoms with Gasteiger partial charge in [0.15, 0.2) is 0 Å². The molecule has 0 spiro atoms. The number of rotatable bonds is 5. The minimum absolute atomic E-state index is 0.0878. The highest BCUT2D eigenvalue weighted by Gasteiger charge is 2.30. The molecule has 5 N–H and O–H groups in total. The van der Waals surface area contributed by atoms with E-state index in [0.29, 0.717) is 5.25 Å². The van der Waals surface area contributed by atoms with E-state index in [0.717, 1.165) is 25.0 Å². The van der Waals surface area contributed by atoms with Crippen molar-refractivity contribution in [3.05, 3.63) is 0 Å². The number of hydrogen-bond donors (Lipinski definition) is 3. The van der Waals surface area contributed by atoms with Crippen LogP contribution in [0.25, 0.3) is 0 Å². The van der Waals surface area contributed by atoms with E-state index in [9.17, 15) is 4.79 Å². The summed E-state index contributed by atoms with van der Waals surface area (Å²) in [7, 11) is 0. The Labute approximate surface area is 88.4 Å². The number of carboxylic acids is 1. The SMILES string of the molecule is N[C@@H]1[C@H](N)CS[C@H]1CCCCC(=O)O. The van der Waals surface area contributed by atoms with Gasteiger partial charge in [0.1, 0.15) is 0 Å². The summed E-state index contributed by atoms with van der Waals surface area (Å²) in [5.74, 6) is 0.218. The Morgan fingerprint density at radius 2 is 2.14 bits per heavy atom. The molecular formula is C9H18N2O2S. The van der Waals surface area contributed by atoms with Crippen LogP contribution in [0.4, 0.5) is 0 Å². The standard InChI is InChI=1S/C9H18N2O2S/c10-6-5-14-7(9(6)11)3-1-2-4-8(12)13/h6-7,9H,1-5,10-11H2,(H,12,13)/t6-,7+,9-/m1/s1. The Bertz CT molecular complexity index is 201. The molecule has 0 aromatic rings. The van der Waals surface area contributed by atoms with E-state index < -0.39 is 5.97 Å². The van der Waals surface area contributed by atoms with Gasteiger partial charge in [0.2, 0.25) is 0 Å². The largest absolute Gasteiger partial charge is 0.481 e. The zero-order valence-electron chi connectivity index (χ0n) is 8.19. The molecule has 0 aromatic heterocycles. The van der Waals surface area contributed by atoms with E-state index in [-0.39, 0.29) is 18.5 Å². The van der Waals surface area contributed by atoms with Crippen molar-refractivity contribution in [2.75, 3.05) is 5.75 Å². The van der Waals surface area contributed by atoms with Gasteiger partial charge in [0, 0.05) is 29.5 Å². The lowest BCUT2D eigenvalue weighted by molar-refractivity contribution is -0.137. The maximum absolute atomic E-state index is 10.3. The zero-order chi connectivity index (χ0) is 10.6. The molecule has 1 fully saturated rings. The predicted molar refractivity (Wildman–Crippen MR) is 58.3 cm³/mol. The Morgan fingerprint density at radius 3 is 2.64 bits per heavy atom. The molecule has 1 rings (SSSR count). The average molecular weight is 218 g/mol. The summed E-state index contributed by atoms with van der Waals surface area (Å²) in [6.07, 6.45) is 2.93. The van der Waals surface area contributed by atoms with Gasteiger partial charge in [0.25, 0.3) is 0 Å². The van der Waals surface area contributed by atoms with Crippen molar-refractivity contribution >= 4 is 17.7 Å². The molecule has 0 unspecified atom stereocenters. The Hall–Kier alpha value is -0.260. The molecule has 82 valence electrons. The number of carboxylic acid groups (broad SMARTS) is 1. The van der Waals surface area contributed by atoms with Crippen LogP contribution in [0, 0.1) is 0 Å². The molecule has 0 aliphatic carbocycles. The Morgan fingerprint density at radius 1 is 1.43 bits per heavy atom. The third-order valence-electron chi connectivity index (χ3n) is 2.56. The minimum Gasteiger partial charge on any atom is -0.481 e. The first-order valence-electron chi connectivity index (χ1n) is 4.96. The van der Waals surface area contributed by atoms with Gasteiger partial charge in [-0.05, 0) is 12.8 Å². The number of carbonyl (C=O) groups is 1. The van der Waals surface area contributed by atoms with Crippen LogP contribution in [0.5, 0.6) is 0 Å². The van der Waals surface area contributed by atoms with Gasteiger partial charge in [-0.1, -0.05) is 6.42 Å². The van der Waals surface area contributed by atoms with Crippen molar-refractivity contribution in [3.63, 3.8) is 0 Å². The molecule has 0 aromatic carbocycles. The molecule has 0 bridgehead atoms. The lowest BCUT2D eigenvalue weighted by atomic mass is 10.0. The molecule has 1 saturated heterocycles. The Balaban J connectivity index is 2.10. The molecule has 5 heteroatoms. The second-order valence-electron chi connectivity index (χ2n) is 3.75. The summed E-state index contributed by atoms with van der Waals surface area (Å²) in [6.45, 7) is 0. The summed E-state index contributed by atoms with van der Waals surface area (Å²) in [5, 5.41) is 8.88. The van der Waals surface area contributed by atoms with Gasteiger partial charge in [-0.25, -0.2) is 0 Å².